The van der Waals surface area contributed by atoms with E-state index in [9.17, 15) is 4.79 Å². The molecule has 1 aliphatic heterocycles. The van der Waals surface area contributed by atoms with Gasteiger partial charge in [-0.05, 0) is 54.3 Å². The fraction of sp³-hybridized carbons (Fsp3) is 0.296. The Kier molecular flexibility index (Phi) is 7.61. The predicted octanol–water partition coefficient (Wildman–Crippen LogP) is 5.72. The molecule has 5 heteroatoms. The molecule has 0 aromatic heterocycles. The summed E-state index contributed by atoms with van der Waals surface area (Å²) in [4.78, 5) is 18.1. The Hall–Kier alpha value is -2.63. The van der Waals surface area contributed by atoms with E-state index in [2.05, 4.69) is 74.7 Å². The first-order chi connectivity index (χ1) is 15.6. The average Bonchev–Trinajstić information content (AvgIpc) is 2.84. The van der Waals surface area contributed by atoms with E-state index in [-0.39, 0.29) is 5.91 Å². The third-order valence-corrected chi connectivity index (χ3v) is 6.49. The molecule has 1 aliphatic rings. The molecule has 0 unspecified atom stereocenters. The van der Waals surface area contributed by atoms with Crippen LogP contribution in [0.2, 0.25) is 0 Å². The molecule has 1 heterocycles. The number of carbonyl (C=O) groups is 1. The smallest absolute Gasteiger partial charge is 0.254 e. The number of anilines is 1. The number of nitrogens with one attached hydrogen (secondary N) is 1. The lowest BCUT2D eigenvalue weighted by molar-refractivity contribution is 0.0719. The number of amides is 1. The number of rotatable bonds is 3. The van der Waals surface area contributed by atoms with Gasteiger partial charge < -0.3 is 10.2 Å². The summed E-state index contributed by atoms with van der Waals surface area (Å²) in [6, 6.07) is 24.7. The van der Waals surface area contributed by atoms with Crippen LogP contribution in [-0.2, 0) is 13.1 Å². The van der Waals surface area contributed by atoms with Crippen LogP contribution in [0.15, 0.2) is 77.3 Å². The van der Waals surface area contributed by atoms with E-state index in [0.29, 0.717) is 13.1 Å². The first-order valence-corrected chi connectivity index (χ1v) is 12.0. The van der Waals surface area contributed by atoms with Crippen LogP contribution in [0, 0.1) is 6.92 Å². The van der Waals surface area contributed by atoms with Crippen LogP contribution < -0.4 is 5.32 Å². The largest absolute Gasteiger partial charge is 0.385 e. The number of nitrogens with zero attached hydrogens (tertiary/aromatic N) is 2. The molecule has 1 amide bonds. The van der Waals surface area contributed by atoms with Gasteiger partial charge in [-0.15, -0.1) is 0 Å². The molecule has 0 radical (unpaired) electrons. The molecule has 32 heavy (non-hydrogen) atoms. The lowest BCUT2D eigenvalue weighted by atomic mass is 10.1. The number of aryl methyl sites for hydroxylation is 1. The Bertz CT molecular complexity index is 1050. The first-order valence-electron chi connectivity index (χ1n) is 11.2. The third-order valence-electron chi connectivity index (χ3n) is 5.99. The maximum atomic E-state index is 13.6. The van der Waals surface area contributed by atoms with Crippen molar-refractivity contribution in [2.45, 2.75) is 26.4 Å². The fourth-order valence-electron chi connectivity index (χ4n) is 4.21. The first kappa shape index (κ1) is 22.6. The van der Waals surface area contributed by atoms with Crippen molar-refractivity contribution in [3.63, 3.8) is 0 Å². The maximum absolute atomic E-state index is 13.6. The monoisotopic (exact) mass is 491 g/mol. The number of carbonyl (C=O) groups excluding carboxylic acids is 1. The molecular weight excluding hydrogens is 462 g/mol. The van der Waals surface area contributed by atoms with Crippen molar-refractivity contribution in [3.8, 4) is 0 Å². The maximum Gasteiger partial charge on any atom is 0.254 e. The normalized spacial score (nSPS) is 15.4. The highest BCUT2D eigenvalue weighted by Gasteiger charge is 2.21. The Morgan fingerprint density at radius 2 is 1.75 bits per heavy atom. The number of benzene rings is 3. The van der Waals surface area contributed by atoms with Crippen molar-refractivity contribution >= 4 is 27.5 Å². The zero-order valence-electron chi connectivity index (χ0n) is 18.6. The summed E-state index contributed by atoms with van der Waals surface area (Å²) >= 11 is 3.61. The van der Waals surface area contributed by atoms with Crippen molar-refractivity contribution in [3.05, 3.63) is 99.5 Å². The summed E-state index contributed by atoms with van der Waals surface area (Å²) in [6.07, 6.45) is 1.05. The molecule has 0 aliphatic carbocycles. The lowest BCUT2D eigenvalue weighted by Gasteiger charge is -2.28. The summed E-state index contributed by atoms with van der Waals surface area (Å²) in [5, 5.41) is 3.60. The van der Waals surface area contributed by atoms with Crippen LogP contribution in [0.3, 0.4) is 0 Å². The SMILES string of the molecule is Cc1ccccc1C(=O)N1CCN(Cc2ccccc2)CCCNc2ccc(Br)cc2C1. The van der Waals surface area contributed by atoms with Crippen molar-refractivity contribution in [1.29, 1.82) is 0 Å². The van der Waals surface area contributed by atoms with Crippen molar-refractivity contribution < 1.29 is 4.79 Å². The molecule has 0 saturated heterocycles. The zero-order valence-corrected chi connectivity index (χ0v) is 20.1. The summed E-state index contributed by atoms with van der Waals surface area (Å²) < 4.78 is 1.03. The Morgan fingerprint density at radius 3 is 2.56 bits per heavy atom. The van der Waals surface area contributed by atoms with Crippen LogP contribution in [0.5, 0.6) is 0 Å². The van der Waals surface area contributed by atoms with Gasteiger partial charge in [0.15, 0.2) is 0 Å². The molecule has 0 atom stereocenters. The highest BCUT2D eigenvalue weighted by molar-refractivity contribution is 9.10. The van der Waals surface area contributed by atoms with Crippen LogP contribution in [0.4, 0.5) is 5.69 Å². The second kappa shape index (κ2) is 10.8. The van der Waals surface area contributed by atoms with E-state index in [4.69, 9.17) is 0 Å². The van der Waals surface area contributed by atoms with Crippen molar-refractivity contribution in [1.82, 2.24) is 9.80 Å². The molecule has 3 aromatic rings. The molecule has 1 N–H and O–H groups in total. The highest BCUT2D eigenvalue weighted by Crippen LogP contribution is 2.24. The Morgan fingerprint density at radius 1 is 0.969 bits per heavy atom. The van der Waals surface area contributed by atoms with Gasteiger partial charge in [-0.25, -0.2) is 0 Å². The van der Waals surface area contributed by atoms with E-state index in [1.165, 1.54) is 5.56 Å². The minimum atomic E-state index is 0.0907. The van der Waals surface area contributed by atoms with Gasteiger partial charge in [0, 0.05) is 55.0 Å². The van der Waals surface area contributed by atoms with Gasteiger partial charge >= 0.3 is 0 Å². The molecule has 0 bridgehead atoms. The summed E-state index contributed by atoms with van der Waals surface area (Å²) in [5.74, 6) is 0.0907. The van der Waals surface area contributed by atoms with Gasteiger partial charge in [0.2, 0.25) is 0 Å². The third kappa shape index (κ3) is 5.78. The number of hydrogen-bond acceptors (Lipinski definition) is 3. The van der Waals surface area contributed by atoms with Gasteiger partial charge in [0.1, 0.15) is 0 Å². The lowest BCUT2D eigenvalue weighted by Crippen LogP contribution is -2.38. The van der Waals surface area contributed by atoms with Crippen molar-refractivity contribution in [2.24, 2.45) is 0 Å². The minimum Gasteiger partial charge on any atom is -0.385 e. The zero-order chi connectivity index (χ0) is 22.3. The Labute approximate surface area is 199 Å². The molecule has 166 valence electrons. The van der Waals surface area contributed by atoms with Crippen LogP contribution in [-0.4, -0.2) is 41.9 Å². The van der Waals surface area contributed by atoms with Gasteiger partial charge in [-0.2, -0.15) is 0 Å². The molecule has 0 fully saturated rings. The summed E-state index contributed by atoms with van der Waals surface area (Å²) in [6.45, 7) is 6.90. The second-order valence-corrected chi connectivity index (χ2v) is 9.30. The molecule has 0 spiro atoms. The predicted molar refractivity (Wildman–Crippen MR) is 135 cm³/mol. The van der Waals surface area contributed by atoms with Gasteiger partial charge in [-0.3, -0.25) is 9.69 Å². The van der Waals surface area contributed by atoms with E-state index in [1.54, 1.807) is 0 Å². The minimum absolute atomic E-state index is 0.0907. The van der Waals surface area contributed by atoms with Gasteiger partial charge in [-0.1, -0.05) is 64.5 Å². The van der Waals surface area contributed by atoms with Crippen LogP contribution in [0.25, 0.3) is 0 Å². The van der Waals surface area contributed by atoms with Crippen LogP contribution >= 0.6 is 15.9 Å². The quantitative estimate of drug-likeness (QED) is 0.508. The molecule has 3 aromatic carbocycles. The standard InChI is InChI=1S/C27H30BrN3O/c1-21-8-5-6-11-25(21)27(32)31-17-16-30(19-22-9-3-2-4-10-22)15-7-14-29-26-13-12-24(28)18-23(26)20-31/h2-6,8-13,18,29H,7,14-17,19-20H2,1H3. The van der Waals surface area contributed by atoms with Gasteiger partial charge in [0.05, 0.1) is 0 Å². The van der Waals surface area contributed by atoms with Gasteiger partial charge in [0.25, 0.3) is 5.91 Å². The second-order valence-electron chi connectivity index (χ2n) is 8.39. The highest BCUT2D eigenvalue weighted by atomic mass is 79.9. The summed E-state index contributed by atoms with van der Waals surface area (Å²) in [5.41, 5.74) is 5.34. The topological polar surface area (TPSA) is 35.6 Å². The average molecular weight is 492 g/mol. The van der Waals surface area contributed by atoms with Crippen molar-refractivity contribution in [2.75, 3.05) is 31.5 Å². The molecule has 4 rings (SSSR count). The number of hydrogen-bond donors (Lipinski definition) is 1. The molecule has 0 saturated carbocycles. The van der Waals surface area contributed by atoms with E-state index < -0.39 is 0 Å². The molecular formula is C27H30BrN3O. The summed E-state index contributed by atoms with van der Waals surface area (Å²) in [7, 11) is 0. The fourth-order valence-corrected chi connectivity index (χ4v) is 4.61. The number of fused-ring (bicyclic) bond motifs is 1. The number of halogens is 1. The van der Waals surface area contributed by atoms with E-state index >= 15 is 0 Å². The Balaban J connectivity index is 1.61. The van der Waals surface area contributed by atoms with E-state index in [0.717, 1.165) is 59.5 Å². The van der Waals surface area contributed by atoms with E-state index in [1.807, 2.05) is 36.1 Å². The molecule has 4 nitrogen and oxygen atoms in total. The van der Waals surface area contributed by atoms with Crippen LogP contribution in [0.1, 0.15) is 33.5 Å².